The summed E-state index contributed by atoms with van der Waals surface area (Å²) in [6, 6.07) is 0. The Labute approximate surface area is 181 Å². The molecule has 1 amide bonds. The van der Waals surface area contributed by atoms with Crippen molar-refractivity contribution in [1.82, 2.24) is 4.90 Å². The van der Waals surface area contributed by atoms with E-state index in [9.17, 15) is 30.3 Å². The Hall–Kier alpha value is -0.770. The van der Waals surface area contributed by atoms with Crippen LogP contribution in [0, 0.1) is 0 Å². The third-order valence-corrected chi connectivity index (χ3v) is 5.47. The molecule has 0 aromatic heterocycles. The standard InChI is InChI=1S/C22H45NO7/c1-2-3-4-5-6-7-8-9-10-11-12-13-14-23(15-16-24)22(30)21(29)20(28)19(27)18(26)17-25/h18-21,24-29H,2-17H2,1H3. The Morgan fingerprint density at radius 1 is 0.700 bits per heavy atom. The van der Waals surface area contributed by atoms with Crippen LogP contribution in [-0.2, 0) is 4.79 Å². The Morgan fingerprint density at radius 2 is 1.17 bits per heavy atom. The first-order chi connectivity index (χ1) is 14.4. The highest BCUT2D eigenvalue weighted by molar-refractivity contribution is 5.81. The maximum atomic E-state index is 12.4. The Balaban J connectivity index is 4.07. The molecule has 4 unspecified atom stereocenters. The quantitative estimate of drug-likeness (QED) is 0.156. The van der Waals surface area contributed by atoms with Crippen LogP contribution in [0.3, 0.4) is 0 Å². The fourth-order valence-electron chi connectivity index (χ4n) is 3.45. The van der Waals surface area contributed by atoms with Gasteiger partial charge in [0.15, 0.2) is 6.10 Å². The minimum atomic E-state index is -1.94. The lowest BCUT2D eigenvalue weighted by atomic mass is 10.0. The Morgan fingerprint density at radius 3 is 1.60 bits per heavy atom. The molecule has 0 bridgehead atoms. The molecule has 0 aromatic rings. The maximum absolute atomic E-state index is 12.4. The van der Waals surface area contributed by atoms with Crippen molar-refractivity contribution < 1.29 is 35.4 Å². The van der Waals surface area contributed by atoms with Crippen LogP contribution in [0.4, 0.5) is 0 Å². The first-order valence-electron chi connectivity index (χ1n) is 11.6. The highest BCUT2D eigenvalue weighted by atomic mass is 16.4. The number of aliphatic hydroxyl groups excluding tert-OH is 6. The summed E-state index contributed by atoms with van der Waals surface area (Å²) in [7, 11) is 0. The fraction of sp³-hybridized carbons (Fsp3) is 0.955. The topological polar surface area (TPSA) is 142 Å². The summed E-state index contributed by atoms with van der Waals surface area (Å²) in [5.41, 5.74) is 0. The van der Waals surface area contributed by atoms with Crippen molar-refractivity contribution in [1.29, 1.82) is 0 Å². The van der Waals surface area contributed by atoms with Crippen LogP contribution in [-0.4, -0.2) is 92.2 Å². The molecule has 180 valence electrons. The molecule has 0 heterocycles. The minimum Gasteiger partial charge on any atom is -0.395 e. The number of unbranched alkanes of at least 4 members (excludes halogenated alkanes) is 11. The Bertz CT molecular complexity index is 411. The lowest BCUT2D eigenvalue weighted by molar-refractivity contribution is -0.158. The molecule has 0 saturated carbocycles. The summed E-state index contributed by atoms with van der Waals surface area (Å²) in [6.07, 6.45) is 6.82. The number of aliphatic hydroxyl groups is 6. The lowest BCUT2D eigenvalue weighted by Crippen LogP contribution is -2.53. The van der Waals surface area contributed by atoms with E-state index < -0.39 is 36.9 Å². The average molecular weight is 436 g/mol. The number of nitrogens with zero attached hydrogens (tertiary/aromatic N) is 1. The average Bonchev–Trinajstić information content (AvgIpc) is 2.76. The van der Waals surface area contributed by atoms with Crippen molar-refractivity contribution in [3.05, 3.63) is 0 Å². The van der Waals surface area contributed by atoms with Crippen LogP contribution in [0.2, 0.25) is 0 Å². The largest absolute Gasteiger partial charge is 0.395 e. The van der Waals surface area contributed by atoms with Gasteiger partial charge in [-0.15, -0.1) is 0 Å². The van der Waals surface area contributed by atoms with Crippen molar-refractivity contribution in [2.24, 2.45) is 0 Å². The molecule has 4 atom stereocenters. The normalized spacial score (nSPS) is 15.6. The summed E-state index contributed by atoms with van der Waals surface area (Å²) < 4.78 is 0. The van der Waals surface area contributed by atoms with Gasteiger partial charge in [-0.3, -0.25) is 4.79 Å². The van der Waals surface area contributed by atoms with E-state index in [0.29, 0.717) is 13.0 Å². The van der Waals surface area contributed by atoms with Gasteiger partial charge in [0.2, 0.25) is 0 Å². The second-order valence-corrected chi connectivity index (χ2v) is 8.11. The van der Waals surface area contributed by atoms with Gasteiger partial charge in [0.1, 0.15) is 18.3 Å². The first-order valence-corrected chi connectivity index (χ1v) is 11.6. The van der Waals surface area contributed by atoms with Gasteiger partial charge in [0.05, 0.1) is 13.2 Å². The van der Waals surface area contributed by atoms with Crippen LogP contribution < -0.4 is 0 Å². The molecular weight excluding hydrogens is 390 g/mol. The summed E-state index contributed by atoms with van der Waals surface area (Å²) >= 11 is 0. The number of rotatable bonds is 20. The van der Waals surface area contributed by atoms with E-state index >= 15 is 0 Å². The van der Waals surface area contributed by atoms with E-state index in [1.54, 1.807) is 0 Å². The zero-order valence-corrected chi connectivity index (χ0v) is 18.7. The van der Waals surface area contributed by atoms with E-state index in [-0.39, 0.29) is 13.2 Å². The highest BCUT2D eigenvalue weighted by Gasteiger charge is 2.36. The van der Waals surface area contributed by atoms with Crippen LogP contribution in [0.15, 0.2) is 0 Å². The van der Waals surface area contributed by atoms with Gasteiger partial charge in [-0.2, -0.15) is 0 Å². The van der Waals surface area contributed by atoms with E-state index in [1.165, 1.54) is 56.3 Å². The zero-order valence-electron chi connectivity index (χ0n) is 18.7. The minimum absolute atomic E-state index is 0.0132. The predicted octanol–water partition coefficient (Wildman–Crippen LogP) is 0.944. The molecule has 0 aliphatic heterocycles. The van der Waals surface area contributed by atoms with Crippen molar-refractivity contribution in [2.45, 2.75) is 108 Å². The molecule has 0 aliphatic rings. The summed E-state index contributed by atoms with van der Waals surface area (Å²) in [5.74, 6) is -0.816. The third kappa shape index (κ3) is 12.8. The van der Waals surface area contributed by atoms with Gasteiger partial charge in [0, 0.05) is 13.1 Å². The zero-order chi connectivity index (χ0) is 22.8. The molecule has 8 heteroatoms. The molecule has 30 heavy (non-hydrogen) atoms. The van der Waals surface area contributed by atoms with Crippen LogP contribution in [0.25, 0.3) is 0 Å². The van der Waals surface area contributed by atoms with Gasteiger partial charge in [-0.25, -0.2) is 0 Å². The number of amides is 1. The highest BCUT2D eigenvalue weighted by Crippen LogP contribution is 2.13. The molecule has 0 aliphatic carbocycles. The van der Waals surface area contributed by atoms with Crippen LogP contribution in [0.1, 0.15) is 84.0 Å². The molecule has 0 aromatic carbocycles. The van der Waals surface area contributed by atoms with Crippen LogP contribution in [0.5, 0.6) is 0 Å². The third-order valence-electron chi connectivity index (χ3n) is 5.47. The molecule has 0 radical (unpaired) electrons. The maximum Gasteiger partial charge on any atom is 0.254 e. The number of hydrogen-bond donors (Lipinski definition) is 6. The van der Waals surface area contributed by atoms with Crippen molar-refractivity contribution in [3.63, 3.8) is 0 Å². The first kappa shape index (κ1) is 29.2. The SMILES string of the molecule is CCCCCCCCCCCCCCN(CCO)C(=O)C(O)C(O)C(O)C(O)CO. The van der Waals surface area contributed by atoms with Gasteiger partial charge < -0.3 is 35.5 Å². The number of hydrogen-bond acceptors (Lipinski definition) is 7. The van der Waals surface area contributed by atoms with E-state index in [2.05, 4.69) is 6.92 Å². The second kappa shape index (κ2) is 19.0. The molecule has 0 spiro atoms. The molecule has 6 N–H and O–H groups in total. The van der Waals surface area contributed by atoms with Gasteiger partial charge in [0.25, 0.3) is 5.91 Å². The summed E-state index contributed by atoms with van der Waals surface area (Å²) in [6.45, 7) is 1.48. The molecular formula is C22H45NO7. The predicted molar refractivity (Wildman–Crippen MR) is 116 cm³/mol. The summed E-state index contributed by atoms with van der Waals surface area (Å²) in [4.78, 5) is 13.6. The van der Waals surface area contributed by atoms with Gasteiger partial charge >= 0.3 is 0 Å². The molecule has 0 fully saturated rings. The summed E-state index contributed by atoms with van der Waals surface area (Å²) in [5, 5.41) is 56.9. The lowest BCUT2D eigenvalue weighted by Gasteiger charge is -2.29. The number of carbonyl (C=O) groups excluding carboxylic acids is 1. The van der Waals surface area contributed by atoms with Crippen LogP contribution >= 0.6 is 0 Å². The van der Waals surface area contributed by atoms with Crippen molar-refractivity contribution in [2.75, 3.05) is 26.3 Å². The monoisotopic (exact) mass is 435 g/mol. The fourth-order valence-corrected chi connectivity index (χ4v) is 3.45. The Kier molecular flexibility index (Phi) is 18.5. The van der Waals surface area contributed by atoms with E-state index in [4.69, 9.17) is 5.11 Å². The molecule has 0 rings (SSSR count). The number of carbonyl (C=O) groups is 1. The smallest absolute Gasteiger partial charge is 0.254 e. The van der Waals surface area contributed by atoms with Gasteiger partial charge in [-0.05, 0) is 6.42 Å². The van der Waals surface area contributed by atoms with Gasteiger partial charge in [-0.1, -0.05) is 77.6 Å². The van der Waals surface area contributed by atoms with Crippen molar-refractivity contribution >= 4 is 5.91 Å². The van der Waals surface area contributed by atoms with E-state index in [1.807, 2.05) is 0 Å². The molecule has 8 nitrogen and oxygen atoms in total. The molecule has 0 saturated heterocycles. The second-order valence-electron chi connectivity index (χ2n) is 8.11. The van der Waals surface area contributed by atoms with E-state index in [0.717, 1.165) is 19.3 Å². The van der Waals surface area contributed by atoms with Crippen molar-refractivity contribution in [3.8, 4) is 0 Å².